The molecule has 1 aliphatic rings. The number of hydrogen-bond acceptors (Lipinski definition) is 3. The summed E-state index contributed by atoms with van der Waals surface area (Å²) in [5.74, 6) is -0.392. The van der Waals surface area contributed by atoms with Crippen LogP contribution < -0.4 is 5.32 Å². The van der Waals surface area contributed by atoms with Crippen LogP contribution in [0.4, 0.5) is 4.79 Å². The number of carbonyl (C=O) groups excluding carboxylic acids is 1. The van der Waals surface area contributed by atoms with Crippen LogP contribution in [-0.2, 0) is 4.79 Å². The molecule has 1 rings (SSSR count). The number of carboxylic acids is 1. The van der Waals surface area contributed by atoms with Gasteiger partial charge in [0.2, 0.25) is 0 Å². The lowest BCUT2D eigenvalue weighted by atomic mass is 9.75. The Kier molecular flexibility index (Phi) is 6.45. The molecule has 1 unspecified atom stereocenters. The van der Waals surface area contributed by atoms with E-state index in [0.29, 0.717) is 31.7 Å². The number of aliphatic hydroxyl groups is 1. The highest BCUT2D eigenvalue weighted by molar-refractivity contribution is 5.86. The molecule has 1 aliphatic carbocycles. The Morgan fingerprint density at radius 2 is 1.95 bits per heavy atom. The molecule has 122 valence electrons. The smallest absolute Gasteiger partial charge is 0.329 e. The summed E-state index contributed by atoms with van der Waals surface area (Å²) in [7, 11) is 1.62. The number of aliphatic hydroxyl groups excluding tert-OH is 1. The van der Waals surface area contributed by atoms with Crippen molar-refractivity contribution in [2.24, 2.45) is 5.92 Å². The van der Waals surface area contributed by atoms with Gasteiger partial charge in [0.15, 0.2) is 0 Å². The molecule has 0 aromatic rings. The summed E-state index contributed by atoms with van der Waals surface area (Å²) in [6, 6.07) is -0.381. The molecule has 0 aliphatic heterocycles. The summed E-state index contributed by atoms with van der Waals surface area (Å²) in [5.41, 5.74) is -1.14. The molecule has 0 bridgehead atoms. The van der Waals surface area contributed by atoms with E-state index in [-0.39, 0.29) is 6.03 Å². The summed E-state index contributed by atoms with van der Waals surface area (Å²) in [6.07, 6.45) is 3.68. The third-order valence-electron chi connectivity index (χ3n) is 4.52. The Morgan fingerprint density at radius 1 is 1.38 bits per heavy atom. The van der Waals surface area contributed by atoms with E-state index in [9.17, 15) is 19.8 Å². The molecule has 1 fully saturated rings. The van der Waals surface area contributed by atoms with E-state index in [4.69, 9.17) is 0 Å². The van der Waals surface area contributed by atoms with Crippen LogP contribution in [0.2, 0.25) is 0 Å². The number of amides is 2. The van der Waals surface area contributed by atoms with E-state index in [0.717, 1.165) is 19.3 Å². The van der Waals surface area contributed by atoms with Crippen molar-refractivity contribution in [1.29, 1.82) is 0 Å². The van der Waals surface area contributed by atoms with E-state index in [1.165, 1.54) is 4.90 Å². The van der Waals surface area contributed by atoms with Gasteiger partial charge in [0.05, 0.1) is 6.10 Å². The normalized spacial score (nSPS) is 27.0. The van der Waals surface area contributed by atoms with Crippen LogP contribution in [-0.4, -0.2) is 52.3 Å². The van der Waals surface area contributed by atoms with Gasteiger partial charge < -0.3 is 20.4 Å². The van der Waals surface area contributed by atoms with Crippen molar-refractivity contribution >= 4 is 12.0 Å². The van der Waals surface area contributed by atoms with Crippen molar-refractivity contribution in [3.05, 3.63) is 0 Å². The number of carboxylic acid groups (broad SMARTS) is 1. The Labute approximate surface area is 126 Å². The van der Waals surface area contributed by atoms with Crippen molar-refractivity contribution in [3.63, 3.8) is 0 Å². The fourth-order valence-electron chi connectivity index (χ4n) is 2.75. The first-order valence-electron chi connectivity index (χ1n) is 7.75. The fraction of sp³-hybridized carbons (Fsp3) is 0.867. The molecule has 1 atom stereocenters. The molecule has 0 aromatic heterocycles. The summed E-state index contributed by atoms with van der Waals surface area (Å²) < 4.78 is 0. The molecule has 0 spiro atoms. The highest BCUT2D eigenvalue weighted by Crippen LogP contribution is 2.34. The van der Waals surface area contributed by atoms with Crippen LogP contribution in [0.15, 0.2) is 0 Å². The van der Waals surface area contributed by atoms with Crippen molar-refractivity contribution in [1.82, 2.24) is 10.2 Å². The highest BCUT2D eigenvalue weighted by atomic mass is 16.4. The molecule has 3 N–H and O–H groups in total. The highest BCUT2D eigenvalue weighted by Gasteiger charge is 2.43. The predicted octanol–water partition coefficient (Wildman–Crippen LogP) is 1.82. The Morgan fingerprint density at radius 3 is 2.38 bits per heavy atom. The maximum atomic E-state index is 12.2. The largest absolute Gasteiger partial charge is 0.480 e. The maximum absolute atomic E-state index is 12.2. The van der Waals surface area contributed by atoms with Crippen molar-refractivity contribution in [2.45, 2.75) is 64.0 Å². The summed E-state index contributed by atoms with van der Waals surface area (Å²) >= 11 is 0. The van der Waals surface area contributed by atoms with Crippen LogP contribution >= 0.6 is 0 Å². The van der Waals surface area contributed by atoms with Gasteiger partial charge in [-0.25, -0.2) is 9.59 Å². The van der Waals surface area contributed by atoms with E-state index < -0.39 is 17.6 Å². The second-order valence-electron chi connectivity index (χ2n) is 6.23. The van der Waals surface area contributed by atoms with Crippen LogP contribution in [0, 0.1) is 5.92 Å². The van der Waals surface area contributed by atoms with Gasteiger partial charge in [0.25, 0.3) is 0 Å². The van der Waals surface area contributed by atoms with Gasteiger partial charge in [-0.2, -0.15) is 0 Å². The van der Waals surface area contributed by atoms with E-state index in [2.05, 4.69) is 12.2 Å². The average Bonchev–Trinajstić information content (AvgIpc) is 2.45. The lowest BCUT2D eigenvalue weighted by Crippen LogP contribution is -2.59. The number of carbonyl (C=O) groups is 2. The predicted molar refractivity (Wildman–Crippen MR) is 80.1 cm³/mol. The third kappa shape index (κ3) is 4.88. The monoisotopic (exact) mass is 300 g/mol. The second-order valence-corrected chi connectivity index (χ2v) is 6.23. The number of nitrogens with one attached hydrogen (secondary N) is 1. The molecule has 0 saturated heterocycles. The summed E-state index contributed by atoms with van der Waals surface area (Å²) in [6.45, 7) is 4.17. The zero-order chi connectivity index (χ0) is 16.0. The van der Waals surface area contributed by atoms with Crippen LogP contribution in [0.1, 0.15) is 52.4 Å². The van der Waals surface area contributed by atoms with Gasteiger partial charge in [-0.1, -0.05) is 13.3 Å². The molecular weight excluding hydrogens is 272 g/mol. The first-order valence-corrected chi connectivity index (χ1v) is 7.75. The first kappa shape index (κ1) is 17.8. The van der Waals surface area contributed by atoms with Crippen molar-refractivity contribution in [3.8, 4) is 0 Å². The van der Waals surface area contributed by atoms with Crippen molar-refractivity contribution in [2.75, 3.05) is 13.6 Å². The molecular formula is C15H28N2O4. The Bertz CT molecular complexity index is 363. The van der Waals surface area contributed by atoms with E-state index in [1.54, 1.807) is 14.0 Å². The quantitative estimate of drug-likeness (QED) is 0.698. The summed E-state index contributed by atoms with van der Waals surface area (Å²) in [5, 5.41) is 21.5. The van der Waals surface area contributed by atoms with Gasteiger partial charge in [0, 0.05) is 13.6 Å². The molecule has 6 heteroatoms. The van der Waals surface area contributed by atoms with Gasteiger partial charge in [-0.15, -0.1) is 0 Å². The minimum absolute atomic E-state index is 0.381. The number of hydrogen-bond donors (Lipinski definition) is 3. The van der Waals surface area contributed by atoms with Crippen LogP contribution in [0.5, 0.6) is 0 Å². The molecule has 0 aromatic carbocycles. The third-order valence-corrected chi connectivity index (χ3v) is 4.52. The number of rotatable bonds is 6. The second kappa shape index (κ2) is 7.64. The van der Waals surface area contributed by atoms with Gasteiger partial charge in [-0.3, -0.25) is 0 Å². The lowest BCUT2D eigenvalue weighted by Gasteiger charge is -2.38. The SMILES string of the molecule is CCC1CCC(NC(=O)N(C)CCC(C)O)(C(=O)O)CC1. The molecule has 0 heterocycles. The maximum Gasteiger partial charge on any atom is 0.329 e. The van der Waals surface area contributed by atoms with Gasteiger partial charge in [0.1, 0.15) is 5.54 Å². The van der Waals surface area contributed by atoms with E-state index >= 15 is 0 Å². The van der Waals surface area contributed by atoms with Crippen molar-refractivity contribution < 1.29 is 19.8 Å². The zero-order valence-corrected chi connectivity index (χ0v) is 13.3. The number of urea groups is 1. The lowest BCUT2D eigenvalue weighted by molar-refractivity contribution is -0.146. The van der Waals surface area contributed by atoms with Crippen LogP contribution in [0.3, 0.4) is 0 Å². The number of aliphatic carboxylic acids is 1. The molecule has 0 radical (unpaired) electrons. The average molecular weight is 300 g/mol. The standard InChI is InChI=1S/C15H28N2O4/c1-4-12-5-8-15(9-6-12,13(19)20)16-14(21)17(3)10-7-11(2)18/h11-12,18H,4-10H2,1-3H3,(H,16,21)(H,19,20). The van der Waals surface area contributed by atoms with Crippen LogP contribution in [0.25, 0.3) is 0 Å². The molecule has 21 heavy (non-hydrogen) atoms. The topological polar surface area (TPSA) is 89.9 Å². The molecule has 6 nitrogen and oxygen atoms in total. The minimum atomic E-state index is -1.14. The van der Waals surface area contributed by atoms with Gasteiger partial charge in [-0.05, 0) is 44.9 Å². The fourth-order valence-corrected chi connectivity index (χ4v) is 2.75. The number of nitrogens with zero attached hydrogens (tertiary/aromatic N) is 1. The molecule has 1 saturated carbocycles. The Balaban J connectivity index is 2.62. The minimum Gasteiger partial charge on any atom is -0.480 e. The summed E-state index contributed by atoms with van der Waals surface area (Å²) in [4.78, 5) is 25.2. The zero-order valence-electron chi connectivity index (χ0n) is 13.3. The van der Waals surface area contributed by atoms with E-state index in [1.807, 2.05) is 0 Å². The van der Waals surface area contributed by atoms with Gasteiger partial charge >= 0.3 is 12.0 Å². The molecule has 2 amide bonds. The Hall–Kier alpha value is -1.30. The first-order chi connectivity index (χ1) is 9.80.